The van der Waals surface area contributed by atoms with Gasteiger partial charge in [0, 0.05) is 34.1 Å². The predicted molar refractivity (Wildman–Crippen MR) is 136 cm³/mol. The van der Waals surface area contributed by atoms with Gasteiger partial charge in [0.05, 0.1) is 16.7 Å². The van der Waals surface area contributed by atoms with Crippen LogP contribution in [0, 0.1) is 0 Å². The minimum absolute atomic E-state index is 0.174. The Kier molecular flexibility index (Phi) is 6.83. The third-order valence-corrected chi connectivity index (χ3v) is 5.19. The molecule has 36 heavy (non-hydrogen) atoms. The maximum absolute atomic E-state index is 11.1. The van der Waals surface area contributed by atoms with E-state index in [2.05, 4.69) is 16.0 Å². The largest absolute Gasteiger partial charge is 0.478 e. The molecule has 180 valence electrons. The number of aromatic carboxylic acids is 3. The van der Waals surface area contributed by atoms with Gasteiger partial charge in [0.1, 0.15) is 0 Å². The van der Waals surface area contributed by atoms with E-state index in [1.54, 1.807) is 36.4 Å². The molecule has 0 unspecified atom stereocenters. The molecule has 0 radical (unpaired) electrons. The van der Waals surface area contributed by atoms with Gasteiger partial charge in [-0.15, -0.1) is 0 Å². The van der Waals surface area contributed by atoms with Gasteiger partial charge in [-0.3, -0.25) is 0 Å². The average Bonchev–Trinajstić information content (AvgIpc) is 2.85. The van der Waals surface area contributed by atoms with Gasteiger partial charge in [-0.25, -0.2) is 14.4 Å². The minimum atomic E-state index is -1.01. The van der Waals surface area contributed by atoms with Gasteiger partial charge in [0.2, 0.25) is 0 Å². The second-order valence-corrected chi connectivity index (χ2v) is 7.82. The van der Waals surface area contributed by atoms with Crippen LogP contribution >= 0.6 is 0 Å². The SMILES string of the molecule is O=C(O)c1ccc(Nc2cc(Nc3ccc(C(=O)O)cc3)cc(Nc3ccc(C(=O)O)cc3)c2)cc1. The Bertz CT molecular complexity index is 1230. The Morgan fingerprint density at radius 3 is 0.806 bits per heavy atom. The lowest BCUT2D eigenvalue weighted by molar-refractivity contribution is 0.0686. The summed E-state index contributed by atoms with van der Waals surface area (Å²) in [6.45, 7) is 0. The van der Waals surface area contributed by atoms with E-state index in [0.717, 1.165) is 0 Å². The summed E-state index contributed by atoms with van der Waals surface area (Å²) < 4.78 is 0. The second kappa shape index (κ2) is 10.3. The van der Waals surface area contributed by atoms with Crippen LogP contribution in [0.2, 0.25) is 0 Å². The monoisotopic (exact) mass is 483 g/mol. The van der Waals surface area contributed by atoms with Gasteiger partial charge in [-0.1, -0.05) is 0 Å². The van der Waals surface area contributed by atoms with Gasteiger partial charge in [-0.05, 0) is 91.0 Å². The summed E-state index contributed by atoms with van der Waals surface area (Å²) in [4.78, 5) is 33.4. The van der Waals surface area contributed by atoms with E-state index in [4.69, 9.17) is 15.3 Å². The highest BCUT2D eigenvalue weighted by atomic mass is 16.4. The first-order chi connectivity index (χ1) is 17.3. The molecule has 0 saturated carbocycles. The van der Waals surface area contributed by atoms with E-state index in [9.17, 15) is 14.4 Å². The van der Waals surface area contributed by atoms with Crippen molar-refractivity contribution in [2.24, 2.45) is 0 Å². The van der Waals surface area contributed by atoms with E-state index in [1.165, 1.54) is 36.4 Å². The van der Waals surface area contributed by atoms with Crippen molar-refractivity contribution in [3.8, 4) is 0 Å². The van der Waals surface area contributed by atoms with Crippen LogP contribution < -0.4 is 16.0 Å². The number of carboxylic acids is 3. The molecule has 0 bridgehead atoms. The van der Waals surface area contributed by atoms with Crippen LogP contribution in [0.25, 0.3) is 0 Å². The van der Waals surface area contributed by atoms with Crippen molar-refractivity contribution < 1.29 is 29.7 Å². The number of carbonyl (C=O) groups is 3. The fourth-order valence-corrected chi connectivity index (χ4v) is 3.43. The average molecular weight is 483 g/mol. The first kappa shape index (κ1) is 23.8. The molecule has 0 saturated heterocycles. The summed E-state index contributed by atoms with van der Waals surface area (Å²) in [5.74, 6) is -3.04. The molecule has 4 rings (SSSR count). The molecule has 0 amide bonds. The second-order valence-electron chi connectivity index (χ2n) is 7.82. The smallest absolute Gasteiger partial charge is 0.335 e. The Morgan fingerprint density at radius 1 is 0.389 bits per heavy atom. The van der Waals surface area contributed by atoms with Crippen molar-refractivity contribution >= 4 is 52.0 Å². The number of hydrogen-bond donors (Lipinski definition) is 6. The molecule has 6 N–H and O–H groups in total. The first-order valence-electron chi connectivity index (χ1n) is 10.7. The normalized spacial score (nSPS) is 10.3. The lowest BCUT2D eigenvalue weighted by Gasteiger charge is -2.15. The lowest BCUT2D eigenvalue weighted by atomic mass is 10.1. The Labute approximate surface area is 205 Å². The minimum Gasteiger partial charge on any atom is -0.478 e. The maximum atomic E-state index is 11.1. The lowest BCUT2D eigenvalue weighted by Crippen LogP contribution is -2.00. The van der Waals surface area contributed by atoms with Crippen LogP contribution in [0.1, 0.15) is 31.1 Å². The molecular formula is C27H21N3O6. The maximum Gasteiger partial charge on any atom is 0.335 e. The van der Waals surface area contributed by atoms with E-state index < -0.39 is 17.9 Å². The topological polar surface area (TPSA) is 148 Å². The molecule has 0 atom stereocenters. The quantitative estimate of drug-likeness (QED) is 0.168. The third kappa shape index (κ3) is 5.97. The van der Waals surface area contributed by atoms with Gasteiger partial charge < -0.3 is 31.3 Å². The Hall–Kier alpha value is -5.31. The van der Waals surface area contributed by atoms with E-state index >= 15 is 0 Å². The molecular weight excluding hydrogens is 462 g/mol. The van der Waals surface area contributed by atoms with Crippen molar-refractivity contribution in [3.63, 3.8) is 0 Å². The van der Waals surface area contributed by atoms with Crippen molar-refractivity contribution in [2.45, 2.75) is 0 Å². The highest BCUT2D eigenvalue weighted by Crippen LogP contribution is 2.30. The van der Waals surface area contributed by atoms with Crippen LogP contribution in [0.3, 0.4) is 0 Å². The van der Waals surface area contributed by atoms with E-state index in [1.807, 2.05) is 18.2 Å². The number of anilines is 6. The standard InChI is InChI=1S/C27H21N3O6/c31-25(32)16-1-7-19(8-2-16)28-22-13-23(29-20-9-3-17(4-10-20)26(33)34)15-24(14-22)30-21-11-5-18(6-12-21)27(35)36/h1-15,28-30H,(H,31,32)(H,33,34)(H,35,36). The van der Waals surface area contributed by atoms with Crippen LogP contribution in [0.5, 0.6) is 0 Å². The van der Waals surface area contributed by atoms with Gasteiger partial charge >= 0.3 is 17.9 Å². The summed E-state index contributed by atoms with van der Waals surface area (Å²) in [5.41, 5.74) is 4.63. The Morgan fingerprint density at radius 2 is 0.611 bits per heavy atom. The van der Waals surface area contributed by atoms with Crippen molar-refractivity contribution in [3.05, 3.63) is 108 Å². The van der Waals surface area contributed by atoms with Gasteiger partial charge in [-0.2, -0.15) is 0 Å². The molecule has 0 aliphatic rings. The molecule has 0 spiro atoms. The third-order valence-electron chi connectivity index (χ3n) is 5.19. The molecule has 0 aromatic heterocycles. The molecule has 9 heteroatoms. The zero-order chi connectivity index (χ0) is 25.7. The fraction of sp³-hybridized carbons (Fsp3) is 0. The molecule has 0 aliphatic heterocycles. The number of carboxylic acid groups (broad SMARTS) is 3. The molecule has 4 aromatic carbocycles. The number of hydrogen-bond acceptors (Lipinski definition) is 6. The summed E-state index contributed by atoms with van der Waals surface area (Å²) in [7, 11) is 0. The molecule has 9 nitrogen and oxygen atoms in total. The number of nitrogens with one attached hydrogen (secondary N) is 3. The van der Waals surface area contributed by atoms with Gasteiger partial charge in [0.15, 0.2) is 0 Å². The van der Waals surface area contributed by atoms with Crippen LogP contribution in [-0.4, -0.2) is 33.2 Å². The number of benzene rings is 4. The van der Waals surface area contributed by atoms with Crippen LogP contribution in [-0.2, 0) is 0 Å². The Balaban J connectivity index is 1.62. The summed E-state index contributed by atoms with van der Waals surface area (Å²) in [6.07, 6.45) is 0. The molecule has 0 aliphatic carbocycles. The summed E-state index contributed by atoms with van der Waals surface area (Å²) in [5, 5.41) is 37.1. The van der Waals surface area contributed by atoms with Crippen LogP contribution in [0.4, 0.5) is 34.1 Å². The van der Waals surface area contributed by atoms with E-state index in [0.29, 0.717) is 34.1 Å². The van der Waals surface area contributed by atoms with Gasteiger partial charge in [0.25, 0.3) is 0 Å². The van der Waals surface area contributed by atoms with Crippen LogP contribution in [0.15, 0.2) is 91.0 Å². The first-order valence-corrected chi connectivity index (χ1v) is 10.7. The molecule has 0 fully saturated rings. The molecule has 0 heterocycles. The predicted octanol–water partition coefficient (Wildman–Crippen LogP) is 6.01. The highest BCUT2D eigenvalue weighted by molar-refractivity contribution is 5.89. The van der Waals surface area contributed by atoms with Crippen molar-refractivity contribution in [1.29, 1.82) is 0 Å². The zero-order valence-electron chi connectivity index (χ0n) is 18.7. The fourth-order valence-electron chi connectivity index (χ4n) is 3.43. The summed E-state index contributed by atoms with van der Waals surface area (Å²) >= 11 is 0. The summed E-state index contributed by atoms with van der Waals surface area (Å²) in [6, 6.07) is 24.5. The van der Waals surface area contributed by atoms with Crippen molar-refractivity contribution in [2.75, 3.05) is 16.0 Å². The molecule has 4 aromatic rings. The van der Waals surface area contributed by atoms with Crippen molar-refractivity contribution in [1.82, 2.24) is 0 Å². The van der Waals surface area contributed by atoms with E-state index in [-0.39, 0.29) is 16.7 Å². The zero-order valence-corrected chi connectivity index (χ0v) is 18.7. The highest BCUT2D eigenvalue weighted by Gasteiger charge is 2.08. The number of rotatable bonds is 9.